The Balaban J connectivity index is 1.76. The van der Waals surface area contributed by atoms with Crippen LogP contribution in [0.3, 0.4) is 0 Å². The third kappa shape index (κ3) is 3.99. The van der Waals surface area contributed by atoms with Gasteiger partial charge < -0.3 is 9.84 Å². The maximum atomic E-state index is 12.5. The van der Waals surface area contributed by atoms with Crippen molar-refractivity contribution < 1.29 is 23.1 Å². The molecule has 2 aromatic heterocycles. The van der Waals surface area contributed by atoms with Crippen LogP contribution < -0.4 is 4.72 Å². The Morgan fingerprint density at radius 2 is 2.06 bits per heavy atom. The van der Waals surface area contributed by atoms with Crippen molar-refractivity contribution in [2.75, 3.05) is 13.2 Å². The van der Waals surface area contributed by atoms with Gasteiger partial charge in [0.05, 0.1) is 35.2 Å². The second-order valence-corrected chi connectivity index (χ2v) is 9.03. The number of rotatable bonds is 7. The van der Waals surface area contributed by atoms with Gasteiger partial charge >= 0.3 is 5.97 Å². The highest BCUT2D eigenvalue weighted by Crippen LogP contribution is 2.36. The number of carbonyl (C=O) groups excluding carboxylic acids is 1. The van der Waals surface area contributed by atoms with Crippen molar-refractivity contribution in [2.24, 2.45) is 0 Å². The van der Waals surface area contributed by atoms with E-state index in [2.05, 4.69) is 20.0 Å². The highest BCUT2D eigenvalue weighted by atomic mass is 32.2. The molecule has 1 aromatic carbocycles. The molecule has 1 aliphatic rings. The van der Waals surface area contributed by atoms with Crippen LogP contribution in [-0.4, -0.2) is 58.7 Å². The van der Waals surface area contributed by atoms with Crippen molar-refractivity contribution in [3.63, 3.8) is 0 Å². The first-order chi connectivity index (χ1) is 14.8. The topological polar surface area (TPSA) is 139 Å². The number of aryl methyl sites for hydroxylation is 1. The normalized spacial score (nSPS) is 14.0. The van der Waals surface area contributed by atoms with E-state index >= 15 is 0 Å². The van der Waals surface area contributed by atoms with Crippen molar-refractivity contribution in [3.05, 3.63) is 47.4 Å². The number of ether oxygens (including phenoxy) is 1. The van der Waals surface area contributed by atoms with Crippen LogP contribution in [0, 0.1) is 0 Å². The molecule has 2 heterocycles. The number of aliphatic hydroxyl groups excluding tert-OH is 1. The van der Waals surface area contributed by atoms with Gasteiger partial charge in [-0.3, -0.25) is 5.10 Å². The van der Waals surface area contributed by atoms with Crippen LogP contribution in [0.4, 0.5) is 0 Å². The summed E-state index contributed by atoms with van der Waals surface area (Å²) in [6.45, 7) is 3.39. The summed E-state index contributed by atoms with van der Waals surface area (Å²) in [5.41, 5.74) is 4.16. The van der Waals surface area contributed by atoms with Crippen molar-refractivity contribution in [1.82, 2.24) is 24.7 Å². The number of fused-ring (bicyclic) bond motifs is 3. The van der Waals surface area contributed by atoms with Gasteiger partial charge in [0, 0.05) is 23.4 Å². The summed E-state index contributed by atoms with van der Waals surface area (Å²) >= 11 is 0. The minimum Gasteiger partial charge on any atom is -0.461 e. The third-order valence-corrected chi connectivity index (χ3v) is 6.45. The number of hydrogen-bond acceptors (Lipinski definition) is 7. The molecule has 0 amide bonds. The van der Waals surface area contributed by atoms with Crippen LogP contribution >= 0.6 is 0 Å². The van der Waals surface area contributed by atoms with Crippen LogP contribution in [-0.2, 0) is 27.6 Å². The lowest BCUT2D eigenvalue weighted by Gasteiger charge is -2.15. The molecule has 0 aliphatic heterocycles. The molecule has 11 heteroatoms. The number of sulfonamides is 1. The number of nitrogens with one attached hydrogen (secondary N) is 2. The molecule has 164 valence electrons. The molecule has 1 aliphatic carbocycles. The first-order valence-corrected chi connectivity index (χ1v) is 11.4. The predicted molar refractivity (Wildman–Crippen MR) is 111 cm³/mol. The first-order valence-electron chi connectivity index (χ1n) is 9.91. The first kappa shape index (κ1) is 21.2. The van der Waals surface area contributed by atoms with Gasteiger partial charge in [-0.15, -0.1) is 0 Å². The number of nitrogens with zero attached hydrogens (tertiary/aromatic N) is 3. The van der Waals surface area contributed by atoms with E-state index in [1.165, 1.54) is 19.1 Å². The molecule has 10 nitrogen and oxygen atoms in total. The Morgan fingerprint density at radius 1 is 1.32 bits per heavy atom. The molecule has 4 rings (SSSR count). The average Bonchev–Trinajstić information content (AvgIpc) is 3.37. The minimum absolute atomic E-state index is 0.0625. The second-order valence-electron chi connectivity index (χ2n) is 7.27. The van der Waals surface area contributed by atoms with Crippen molar-refractivity contribution in [3.8, 4) is 16.9 Å². The number of H-pyrrole nitrogens is 1. The summed E-state index contributed by atoms with van der Waals surface area (Å²) in [6.07, 6.45) is 2.20. The van der Waals surface area contributed by atoms with Crippen LogP contribution in [0.1, 0.15) is 35.6 Å². The molecule has 1 unspecified atom stereocenters. The summed E-state index contributed by atoms with van der Waals surface area (Å²) in [6, 6.07) is 6.15. The van der Waals surface area contributed by atoms with E-state index in [1.807, 2.05) is 0 Å². The largest absolute Gasteiger partial charge is 0.461 e. The summed E-state index contributed by atoms with van der Waals surface area (Å²) < 4.78 is 33.9. The lowest BCUT2D eigenvalue weighted by molar-refractivity contribution is 0.0517. The van der Waals surface area contributed by atoms with Crippen molar-refractivity contribution >= 4 is 16.0 Å². The Hall–Kier alpha value is -3.02. The Labute approximate surface area is 179 Å². The monoisotopic (exact) mass is 445 g/mol. The van der Waals surface area contributed by atoms with Gasteiger partial charge in [-0.25, -0.2) is 22.6 Å². The molecule has 0 fully saturated rings. The Bertz CT molecular complexity index is 1210. The molecule has 3 N–H and O–H groups in total. The van der Waals surface area contributed by atoms with Gasteiger partial charge in [-0.2, -0.15) is 10.2 Å². The fraction of sp³-hybridized carbons (Fsp3) is 0.350. The molecule has 3 aromatic rings. The van der Waals surface area contributed by atoms with E-state index in [-0.39, 0.29) is 23.7 Å². The van der Waals surface area contributed by atoms with Crippen LogP contribution in [0.15, 0.2) is 35.4 Å². The Kier molecular flexibility index (Phi) is 5.65. The van der Waals surface area contributed by atoms with Gasteiger partial charge in [0.25, 0.3) is 0 Å². The molecule has 1 atom stereocenters. The number of aliphatic hydroxyl groups is 1. The number of esters is 1. The quantitative estimate of drug-likeness (QED) is 0.464. The number of aromatic amines is 1. The zero-order valence-corrected chi connectivity index (χ0v) is 17.9. The number of hydrogen-bond donors (Lipinski definition) is 3. The van der Waals surface area contributed by atoms with Gasteiger partial charge in [0.2, 0.25) is 10.0 Å². The van der Waals surface area contributed by atoms with Crippen LogP contribution in [0.2, 0.25) is 0 Å². The SMILES string of the molecule is CCOC(=O)c1nn(-c2ccc(S(=O)(=O)NCC(C)O)cc2)c2c1CCc1[nH]ncc1-2. The van der Waals surface area contributed by atoms with E-state index in [1.54, 1.807) is 29.9 Å². The fourth-order valence-corrected chi connectivity index (χ4v) is 4.67. The average molecular weight is 446 g/mol. The smallest absolute Gasteiger partial charge is 0.359 e. The van der Waals surface area contributed by atoms with Crippen molar-refractivity contribution in [1.29, 1.82) is 0 Å². The lowest BCUT2D eigenvalue weighted by atomic mass is 9.94. The predicted octanol–water partition coefficient (Wildman–Crippen LogP) is 1.20. The molecular formula is C20H23N5O5S. The zero-order chi connectivity index (χ0) is 22.2. The molecule has 0 radical (unpaired) electrons. The van der Waals surface area contributed by atoms with Crippen molar-refractivity contribution in [2.45, 2.75) is 37.7 Å². The minimum atomic E-state index is -3.76. The Morgan fingerprint density at radius 3 is 2.74 bits per heavy atom. The standard InChI is InChI=1S/C20H23N5O5S/c1-3-30-20(27)18-15-8-9-17-16(11-21-23-17)19(15)25(24-18)13-4-6-14(7-5-13)31(28,29)22-10-12(2)26/h4-7,11-12,22,26H,3,8-10H2,1-2H3,(H,21,23). The molecule has 0 saturated heterocycles. The van der Waals surface area contributed by atoms with Crippen LogP contribution in [0.5, 0.6) is 0 Å². The lowest BCUT2D eigenvalue weighted by Crippen LogP contribution is -2.30. The van der Waals surface area contributed by atoms with E-state index < -0.39 is 22.1 Å². The number of carbonyl (C=O) groups is 1. The highest BCUT2D eigenvalue weighted by Gasteiger charge is 2.30. The van der Waals surface area contributed by atoms with Gasteiger partial charge in [-0.1, -0.05) is 0 Å². The number of aromatic nitrogens is 4. The van der Waals surface area contributed by atoms with Gasteiger partial charge in [-0.05, 0) is 51.0 Å². The molecular weight excluding hydrogens is 422 g/mol. The molecule has 0 bridgehead atoms. The third-order valence-electron chi connectivity index (χ3n) is 5.01. The summed E-state index contributed by atoms with van der Waals surface area (Å²) in [5.74, 6) is -0.494. The van der Waals surface area contributed by atoms with Gasteiger partial charge in [0.15, 0.2) is 5.69 Å². The summed E-state index contributed by atoms with van der Waals surface area (Å²) in [7, 11) is -3.76. The summed E-state index contributed by atoms with van der Waals surface area (Å²) in [5, 5.41) is 20.9. The highest BCUT2D eigenvalue weighted by molar-refractivity contribution is 7.89. The van der Waals surface area contributed by atoms with E-state index in [4.69, 9.17) is 4.74 Å². The van der Waals surface area contributed by atoms with Crippen LogP contribution in [0.25, 0.3) is 16.9 Å². The maximum Gasteiger partial charge on any atom is 0.359 e. The molecule has 31 heavy (non-hydrogen) atoms. The van der Waals surface area contributed by atoms with Gasteiger partial charge in [0.1, 0.15) is 0 Å². The maximum absolute atomic E-state index is 12.5. The summed E-state index contributed by atoms with van der Waals surface area (Å²) in [4.78, 5) is 12.6. The number of benzene rings is 1. The second kappa shape index (κ2) is 8.25. The molecule has 0 saturated carbocycles. The van der Waals surface area contributed by atoms with E-state index in [9.17, 15) is 18.3 Å². The van der Waals surface area contributed by atoms with E-state index in [0.29, 0.717) is 18.5 Å². The fourth-order valence-electron chi connectivity index (χ4n) is 3.55. The zero-order valence-electron chi connectivity index (χ0n) is 17.1. The molecule has 0 spiro atoms. The van der Waals surface area contributed by atoms with E-state index in [0.717, 1.165) is 22.5 Å².